The normalized spacial score (nSPS) is 13.4. The number of hydrogen-bond donors (Lipinski definition) is 2. The summed E-state index contributed by atoms with van der Waals surface area (Å²) in [6, 6.07) is 8.70. The maximum absolute atomic E-state index is 13.2. The number of pyridine rings is 1. The SMILES string of the molecule is CCCn1c(=O)[nH]c(=O)c2c(C(=O)Nc3ccc(-n4nccn4)cc3)cc(C3CC3)nc21. The average Bonchev–Trinajstić information content (AvgIpc) is 3.50. The Morgan fingerprint density at radius 2 is 1.88 bits per heavy atom. The molecule has 1 fully saturated rings. The zero-order valence-electron chi connectivity index (χ0n) is 17.4. The molecule has 2 N–H and O–H groups in total. The van der Waals surface area contributed by atoms with E-state index in [1.807, 2.05) is 6.92 Å². The fourth-order valence-electron chi connectivity index (χ4n) is 3.72. The minimum atomic E-state index is -0.613. The highest BCUT2D eigenvalue weighted by Gasteiger charge is 2.28. The Bertz CT molecular complexity index is 1420. The Morgan fingerprint density at radius 3 is 2.53 bits per heavy atom. The summed E-state index contributed by atoms with van der Waals surface area (Å²) in [5.74, 6) is -0.187. The fraction of sp³-hybridized carbons (Fsp3) is 0.273. The van der Waals surface area contributed by atoms with Crippen LogP contribution in [0.25, 0.3) is 16.7 Å². The first-order valence-corrected chi connectivity index (χ1v) is 10.5. The summed E-state index contributed by atoms with van der Waals surface area (Å²) in [6.07, 6.45) is 5.80. The van der Waals surface area contributed by atoms with Gasteiger partial charge in [0.25, 0.3) is 11.5 Å². The van der Waals surface area contributed by atoms with Gasteiger partial charge in [-0.1, -0.05) is 6.92 Å². The van der Waals surface area contributed by atoms with E-state index < -0.39 is 17.2 Å². The molecule has 0 bridgehead atoms. The summed E-state index contributed by atoms with van der Waals surface area (Å²) < 4.78 is 1.44. The van der Waals surface area contributed by atoms with Gasteiger partial charge in [0.2, 0.25) is 0 Å². The van der Waals surface area contributed by atoms with E-state index in [1.165, 1.54) is 9.36 Å². The number of hydrogen-bond acceptors (Lipinski definition) is 6. The van der Waals surface area contributed by atoms with Crippen LogP contribution < -0.4 is 16.6 Å². The Hall–Kier alpha value is -4.08. The Kier molecular flexibility index (Phi) is 4.89. The van der Waals surface area contributed by atoms with Crippen LogP contribution in [0.2, 0.25) is 0 Å². The van der Waals surface area contributed by atoms with E-state index in [9.17, 15) is 14.4 Å². The zero-order chi connectivity index (χ0) is 22.2. The van der Waals surface area contributed by atoms with Gasteiger partial charge < -0.3 is 5.32 Å². The highest BCUT2D eigenvalue weighted by atomic mass is 16.2. The molecule has 32 heavy (non-hydrogen) atoms. The number of aromatic nitrogens is 6. The Balaban J connectivity index is 1.56. The van der Waals surface area contributed by atoms with Gasteiger partial charge in [-0.05, 0) is 49.6 Å². The van der Waals surface area contributed by atoms with Crippen LogP contribution in [-0.4, -0.2) is 35.4 Å². The third-order valence-corrected chi connectivity index (χ3v) is 5.43. The van der Waals surface area contributed by atoms with Crippen molar-refractivity contribution >= 4 is 22.6 Å². The van der Waals surface area contributed by atoms with Gasteiger partial charge in [0.15, 0.2) is 5.65 Å². The molecule has 1 aromatic carbocycles. The van der Waals surface area contributed by atoms with E-state index in [0.717, 1.165) is 24.2 Å². The fourth-order valence-corrected chi connectivity index (χ4v) is 3.72. The highest BCUT2D eigenvalue weighted by molar-refractivity contribution is 6.11. The molecule has 0 saturated heterocycles. The number of anilines is 1. The standard InChI is InChI=1S/C22H21N7O3/c1-2-11-28-19-18(21(31)27-22(28)32)16(12-17(26-19)13-3-4-13)20(30)25-14-5-7-15(8-6-14)29-23-9-10-24-29/h5-10,12-13H,2-4,11H2,1H3,(H,25,30)(H,27,31,32). The molecule has 1 amide bonds. The molecule has 162 valence electrons. The number of carbonyl (C=O) groups is 1. The predicted octanol–water partition coefficient (Wildman–Crippen LogP) is 2.21. The number of rotatable bonds is 6. The van der Waals surface area contributed by atoms with Gasteiger partial charge in [0.05, 0.1) is 29.0 Å². The van der Waals surface area contributed by atoms with Crippen LogP contribution in [0.5, 0.6) is 0 Å². The van der Waals surface area contributed by atoms with Crippen molar-refractivity contribution in [1.82, 2.24) is 29.5 Å². The predicted molar refractivity (Wildman–Crippen MR) is 118 cm³/mol. The molecular weight excluding hydrogens is 410 g/mol. The second-order valence-electron chi connectivity index (χ2n) is 7.80. The molecule has 1 aliphatic carbocycles. The number of H-pyrrole nitrogens is 1. The molecule has 10 nitrogen and oxygen atoms in total. The van der Waals surface area contributed by atoms with Crippen LogP contribution in [0.4, 0.5) is 5.69 Å². The molecule has 0 unspecified atom stereocenters. The summed E-state index contributed by atoms with van der Waals surface area (Å²) in [7, 11) is 0. The second kappa shape index (κ2) is 7.88. The minimum absolute atomic E-state index is 0.123. The summed E-state index contributed by atoms with van der Waals surface area (Å²) >= 11 is 0. The second-order valence-corrected chi connectivity index (χ2v) is 7.80. The zero-order valence-corrected chi connectivity index (χ0v) is 17.4. The number of nitrogens with zero attached hydrogens (tertiary/aromatic N) is 5. The van der Waals surface area contributed by atoms with Crippen LogP contribution in [-0.2, 0) is 6.54 Å². The number of aryl methyl sites for hydroxylation is 1. The van der Waals surface area contributed by atoms with E-state index in [4.69, 9.17) is 0 Å². The van der Waals surface area contributed by atoms with Gasteiger partial charge in [0.1, 0.15) is 0 Å². The van der Waals surface area contributed by atoms with Crippen LogP contribution in [0.3, 0.4) is 0 Å². The first-order chi connectivity index (χ1) is 15.5. The quantitative estimate of drug-likeness (QED) is 0.482. The summed E-state index contributed by atoms with van der Waals surface area (Å²) in [6.45, 7) is 2.33. The maximum atomic E-state index is 13.2. The monoisotopic (exact) mass is 431 g/mol. The Labute approximate surface area is 181 Å². The molecule has 0 spiro atoms. The van der Waals surface area contributed by atoms with E-state index in [-0.39, 0.29) is 22.5 Å². The smallest absolute Gasteiger partial charge is 0.322 e. The van der Waals surface area contributed by atoms with Gasteiger partial charge >= 0.3 is 5.69 Å². The van der Waals surface area contributed by atoms with Crippen molar-refractivity contribution in [2.45, 2.75) is 38.6 Å². The number of aromatic amines is 1. The summed E-state index contributed by atoms with van der Waals surface area (Å²) in [5.41, 5.74) is 1.38. The summed E-state index contributed by atoms with van der Waals surface area (Å²) in [4.78, 5) is 46.7. The lowest BCUT2D eigenvalue weighted by Crippen LogP contribution is -2.32. The van der Waals surface area contributed by atoms with E-state index >= 15 is 0 Å². The van der Waals surface area contributed by atoms with Gasteiger partial charge in [-0.25, -0.2) is 9.78 Å². The topological polar surface area (TPSA) is 128 Å². The number of benzene rings is 1. The van der Waals surface area contributed by atoms with Crippen LogP contribution >= 0.6 is 0 Å². The number of amides is 1. The van der Waals surface area contributed by atoms with Crippen LogP contribution in [0.15, 0.2) is 52.3 Å². The molecule has 1 aliphatic rings. The molecular formula is C22H21N7O3. The van der Waals surface area contributed by atoms with E-state index in [0.29, 0.717) is 18.7 Å². The van der Waals surface area contributed by atoms with Crippen molar-refractivity contribution in [2.75, 3.05) is 5.32 Å². The van der Waals surface area contributed by atoms with Crippen molar-refractivity contribution in [1.29, 1.82) is 0 Å². The van der Waals surface area contributed by atoms with Gasteiger partial charge in [-0.3, -0.25) is 19.1 Å². The lowest BCUT2D eigenvalue weighted by molar-refractivity contribution is 0.102. The first kappa shape index (κ1) is 19.9. The third kappa shape index (κ3) is 3.59. The Morgan fingerprint density at radius 1 is 1.16 bits per heavy atom. The lowest BCUT2D eigenvalue weighted by atomic mass is 10.1. The molecule has 10 heteroatoms. The van der Waals surface area contributed by atoms with Crippen molar-refractivity contribution in [2.24, 2.45) is 0 Å². The van der Waals surface area contributed by atoms with E-state index in [1.54, 1.807) is 42.7 Å². The van der Waals surface area contributed by atoms with Crippen LogP contribution in [0.1, 0.15) is 48.2 Å². The van der Waals surface area contributed by atoms with Crippen molar-refractivity contribution in [3.05, 3.63) is 74.8 Å². The maximum Gasteiger partial charge on any atom is 0.329 e. The van der Waals surface area contributed by atoms with Gasteiger partial charge in [-0.15, -0.1) is 0 Å². The molecule has 3 heterocycles. The molecule has 0 aliphatic heterocycles. The first-order valence-electron chi connectivity index (χ1n) is 10.5. The average molecular weight is 431 g/mol. The largest absolute Gasteiger partial charge is 0.329 e. The molecule has 4 aromatic rings. The third-order valence-electron chi connectivity index (χ3n) is 5.43. The number of nitrogens with one attached hydrogen (secondary N) is 2. The molecule has 0 atom stereocenters. The van der Waals surface area contributed by atoms with Crippen molar-refractivity contribution in [3.63, 3.8) is 0 Å². The highest BCUT2D eigenvalue weighted by Crippen LogP contribution is 2.40. The van der Waals surface area contributed by atoms with Gasteiger partial charge in [-0.2, -0.15) is 15.0 Å². The molecule has 3 aromatic heterocycles. The van der Waals surface area contributed by atoms with Crippen molar-refractivity contribution in [3.8, 4) is 5.69 Å². The van der Waals surface area contributed by atoms with E-state index in [2.05, 4.69) is 25.5 Å². The lowest BCUT2D eigenvalue weighted by Gasteiger charge is -2.13. The molecule has 1 saturated carbocycles. The summed E-state index contributed by atoms with van der Waals surface area (Å²) in [5, 5.41) is 11.1. The molecule has 0 radical (unpaired) electrons. The number of carbonyl (C=O) groups excluding carboxylic acids is 1. The van der Waals surface area contributed by atoms with Crippen molar-refractivity contribution < 1.29 is 4.79 Å². The van der Waals surface area contributed by atoms with Gasteiger partial charge in [0, 0.05) is 23.8 Å². The number of fused-ring (bicyclic) bond motifs is 1. The molecule has 5 rings (SSSR count). The minimum Gasteiger partial charge on any atom is -0.322 e. The van der Waals surface area contributed by atoms with Crippen LogP contribution in [0, 0.1) is 0 Å².